The van der Waals surface area contributed by atoms with E-state index in [2.05, 4.69) is 9.97 Å². The molecule has 2 heterocycles. The minimum absolute atomic E-state index is 0.0691. The Balaban J connectivity index is 2.17. The number of aryl methyl sites for hydroxylation is 1. The first-order chi connectivity index (χ1) is 9.60. The average molecular weight is 313 g/mol. The predicted octanol–water partition coefficient (Wildman–Crippen LogP) is 3.35. The lowest BCUT2D eigenvalue weighted by atomic mass is 10.3. The molecule has 0 saturated carbocycles. The van der Waals surface area contributed by atoms with Crippen molar-refractivity contribution in [2.75, 3.05) is 0 Å². The van der Waals surface area contributed by atoms with E-state index in [0.29, 0.717) is 17.9 Å². The molecule has 0 N–H and O–H groups in total. The molecule has 3 rings (SSSR count). The van der Waals surface area contributed by atoms with Gasteiger partial charge in [0.1, 0.15) is 17.5 Å². The van der Waals surface area contributed by atoms with E-state index in [9.17, 15) is 4.39 Å². The molecule has 0 saturated heterocycles. The van der Waals surface area contributed by atoms with Crippen LogP contribution in [0, 0.1) is 5.82 Å². The van der Waals surface area contributed by atoms with Gasteiger partial charge in [0.15, 0.2) is 0 Å². The standard InChI is InChI=1S/C13H11Cl2FN4/c1-19-3-2-17-13(19)7-20-11-4-8(15)9(16)5-10(11)18-12(20)6-14/h2-5H,6-7H2,1H3. The summed E-state index contributed by atoms with van der Waals surface area (Å²) in [5.74, 6) is 1.27. The van der Waals surface area contributed by atoms with Gasteiger partial charge in [0.25, 0.3) is 0 Å². The predicted molar refractivity (Wildman–Crippen MR) is 76.6 cm³/mol. The van der Waals surface area contributed by atoms with Gasteiger partial charge in [-0.3, -0.25) is 0 Å². The highest BCUT2D eigenvalue weighted by Gasteiger charge is 2.14. The zero-order valence-electron chi connectivity index (χ0n) is 10.6. The van der Waals surface area contributed by atoms with Gasteiger partial charge in [-0.05, 0) is 6.07 Å². The fourth-order valence-corrected chi connectivity index (χ4v) is 2.50. The molecular weight excluding hydrogens is 302 g/mol. The number of hydrogen-bond acceptors (Lipinski definition) is 2. The molecular formula is C13H11Cl2FN4. The summed E-state index contributed by atoms with van der Waals surface area (Å²) in [6.07, 6.45) is 3.59. The number of alkyl halides is 1. The van der Waals surface area contributed by atoms with Crippen molar-refractivity contribution in [3.05, 3.63) is 47.0 Å². The van der Waals surface area contributed by atoms with E-state index in [4.69, 9.17) is 23.2 Å². The number of rotatable bonds is 3. The molecule has 0 radical (unpaired) electrons. The van der Waals surface area contributed by atoms with Crippen LogP contribution in [0.3, 0.4) is 0 Å². The van der Waals surface area contributed by atoms with E-state index >= 15 is 0 Å². The quantitative estimate of drug-likeness (QED) is 0.695. The summed E-state index contributed by atoms with van der Waals surface area (Å²) >= 11 is 11.8. The Labute approximate surface area is 124 Å². The third-order valence-corrected chi connectivity index (χ3v) is 3.74. The minimum Gasteiger partial charge on any atom is -0.337 e. The van der Waals surface area contributed by atoms with Crippen LogP contribution in [0.2, 0.25) is 5.02 Å². The molecule has 4 nitrogen and oxygen atoms in total. The van der Waals surface area contributed by atoms with Gasteiger partial charge in [-0.1, -0.05) is 11.6 Å². The smallest absolute Gasteiger partial charge is 0.144 e. The number of fused-ring (bicyclic) bond motifs is 1. The zero-order chi connectivity index (χ0) is 14.3. The summed E-state index contributed by atoms with van der Waals surface area (Å²) in [7, 11) is 1.91. The molecule has 104 valence electrons. The van der Waals surface area contributed by atoms with Gasteiger partial charge in [0.05, 0.1) is 28.5 Å². The minimum atomic E-state index is -0.484. The summed E-state index contributed by atoms with van der Waals surface area (Å²) in [4.78, 5) is 8.62. The van der Waals surface area contributed by atoms with Gasteiger partial charge in [-0.15, -0.1) is 11.6 Å². The Kier molecular flexibility index (Phi) is 3.40. The number of benzene rings is 1. The maximum Gasteiger partial charge on any atom is 0.144 e. The SMILES string of the molecule is Cn1ccnc1Cn1c(CCl)nc2cc(F)c(Cl)cc21. The molecule has 20 heavy (non-hydrogen) atoms. The maximum absolute atomic E-state index is 13.5. The molecule has 0 spiro atoms. The van der Waals surface area contributed by atoms with E-state index in [1.54, 1.807) is 12.3 Å². The van der Waals surface area contributed by atoms with Crippen molar-refractivity contribution in [1.82, 2.24) is 19.1 Å². The van der Waals surface area contributed by atoms with E-state index in [1.807, 2.05) is 22.4 Å². The maximum atomic E-state index is 13.5. The number of nitrogens with zero attached hydrogens (tertiary/aromatic N) is 4. The molecule has 0 unspecified atom stereocenters. The average Bonchev–Trinajstić information content (AvgIpc) is 2.96. The van der Waals surface area contributed by atoms with Crippen LogP contribution >= 0.6 is 23.2 Å². The summed E-state index contributed by atoms with van der Waals surface area (Å²) in [5.41, 5.74) is 1.28. The summed E-state index contributed by atoms with van der Waals surface area (Å²) < 4.78 is 17.3. The first-order valence-corrected chi connectivity index (χ1v) is 6.87. The van der Waals surface area contributed by atoms with Crippen molar-refractivity contribution in [2.45, 2.75) is 12.4 Å². The molecule has 1 aromatic carbocycles. The lowest BCUT2D eigenvalue weighted by Crippen LogP contribution is -2.08. The monoisotopic (exact) mass is 312 g/mol. The van der Waals surface area contributed by atoms with Gasteiger partial charge < -0.3 is 9.13 Å². The molecule has 0 bridgehead atoms. The Morgan fingerprint density at radius 3 is 2.75 bits per heavy atom. The second-order valence-electron chi connectivity index (χ2n) is 4.46. The molecule has 3 aromatic rings. The van der Waals surface area contributed by atoms with Crippen LogP contribution in [0.15, 0.2) is 24.5 Å². The molecule has 0 fully saturated rings. The number of imidazole rings is 2. The van der Waals surface area contributed by atoms with Crippen molar-refractivity contribution in [3.63, 3.8) is 0 Å². The van der Waals surface area contributed by atoms with Crippen molar-refractivity contribution in [3.8, 4) is 0 Å². The largest absolute Gasteiger partial charge is 0.337 e. The highest BCUT2D eigenvalue weighted by Crippen LogP contribution is 2.25. The highest BCUT2D eigenvalue weighted by atomic mass is 35.5. The lowest BCUT2D eigenvalue weighted by molar-refractivity contribution is 0.629. The van der Waals surface area contributed by atoms with E-state index in [1.165, 1.54) is 6.07 Å². The molecule has 0 aliphatic heterocycles. The number of aromatic nitrogens is 4. The van der Waals surface area contributed by atoms with Crippen molar-refractivity contribution in [1.29, 1.82) is 0 Å². The Morgan fingerprint density at radius 2 is 2.10 bits per heavy atom. The van der Waals surface area contributed by atoms with Crippen LogP contribution in [-0.4, -0.2) is 19.1 Å². The molecule has 0 atom stereocenters. The third kappa shape index (κ3) is 2.17. The van der Waals surface area contributed by atoms with Gasteiger partial charge in [0.2, 0.25) is 0 Å². The molecule has 2 aromatic heterocycles. The van der Waals surface area contributed by atoms with Crippen molar-refractivity contribution >= 4 is 34.2 Å². The summed E-state index contributed by atoms with van der Waals surface area (Å²) in [6.45, 7) is 0.504. The topological polar surface area (TPSA) is 35.6 Å². The zero-order valence-corrected chi connectivity index (χ0v) is 12.2. The van der Waals surface area contributed by atoms with Gasteiger partial charge in [-0.2, -0.15) is 0 Å². The van der Waals surface area contributed by atoms with E-state index in [-0.39, 0.29) is 10.9 Å². The molecule has 0 amide bonds. The number of halogens is 3. The fourth-order valence-electron chi connectivity index (χ4n) is 2.14. The van der Waals surface area contributed by atoms with Crippen LogP contribution in [0.5, 0.6) is 0 Å². The van der Waals surface area contributed by atoms with E-state index < -0.39 is 5.82 Å². The van der Waals surface area contributed by atoms with Crippen molar-refractivity contribution < 1.29 is 4.39 Å². The van der Waals surface area contributed by atoms with Crippen LogP contribution in [-0.2, 0) is 19.5 Å². The van der Waals surface area contributed by atoms with Gasteiger partial charge in [0, 0.05) is 25.5 Å². The Morgan fingerprint density at radius 1 is 1.30 bits per heavy atom. The van der Waals surface area contributed by atoms with Crippen LogP contribution in [0.25, 0.3) is 11.0 Å². The van der Waals surface area contributed by atoms with Crippen molar-refractivity contribution in [2.24, 2.45) is 7.05 Å². The number of hydrogen-bond donors (Lipinski definition) is 0. The second kappa shape index (κ2) is 5.07. The summed E-state index contributed by atoms with van der Waals surface area (Å²) in [6, 6.07) is 2.89. The van der Waals surface area contributed by atoms with Crippen LogP contribution in [0.1, 0.15) is 11.6 Å². The Hall–Kier alpha value is -1.59. The second-order valence-corrected chi connectivity index (χ2v) is 5.13. The van der Waals surface area contributed by atoms with Crippen LogP contribution in [0.4, 0.5) is 4.39 Å². The third-order valence-electron chi connectivity index (χ3n) is 3.21. The fraction of sp³-hybridized carbons (Fsp3) is 0.231. The Bertz CT molecular complexity index is 778. The van der Waals surface area contributed by atoms with Gasteiger partial charge >= 0.3 is 0 Å². The first-order valence-electron chi connectivity index (χ1n) is 5.96. The molecule has 7 heteroatoms. The highest BCUT2D eigenvalue weighted by molar-refractivity contribution is 6.31. The lowest BCUT2D eigenvalue weighted by Gasteiger charge is -2.08. The van der Waals surface area contributed by atoms with Gasteiger partial charge in [-0.25, -0.2) is 14.4 Å². The molecule has 0 aliphatic rings. The summed E-state index contributed by atoms with van der Waals surface area (Å²) in [5, 5.41) is 0.0691. The molecule has 0 aliphatic carbocycles. The normalized spacial score (nSPS) is 11.4. The first kappa shape index (κ1) is 13.4. The van der Waals surface area contributed by atoms with E-state index in [0.717, 1.165) is 11.3 Å². The van der Waals surface area contributed by atoms with Crippen LogP contribution < -0.4 is 0 Å².